The number of nitrogens with one attached hydrogen (secondary N) is 1. The Labute approximate surface area is 126 Å². The molecule has 0 saturated carbocycles. The Hall–Kier alpha value is -3.22. The average Bonchev–Trinajstić information content (AvgIpc) is 2.54. The van der Waals surface area contributed by atoms with Crippen molar-refractivity contribution >= 4 is 18.1 Å². The number of benzene rings is 1. The topological polar surface area (TPSA) is 101 Å². The smallest absolute Gasteiger partial charge is 0.341 e. The number of nitrogens with zero attached hydrogens (tertiary/aromatic N) is 2. The number of amides is 1. The van der Waals surface area contributed by atoms with E-state index in [-0.39, 0.29) is 5.91 Å². The van der Waals surface area contributed by atoms with E-state index in [1.54, 1.807) is 36.4 Å². The molecule has 0 aliphatic rings. The Balaban J connectivity index is 1.94. The molecule has 22 heavy (non-hydrogen) atoms. The van der Waals surface area contributed by atoms with E-state index in [0.29, 0.717) is 16.9 Å². The lowest BCUT2D eigenvalue weighted by Crippen LogP contribution is -2.17. The van der Waals surface area contributed by atoms with Gasteiger partial charge in [-0.2, -0.15) is 5.10 Å². The van der Waals surface area contributed by atoms with Crippen LogP contribution in [0.15, 0.2) is 53.9 Å². The van der Waals surface area contributed by atoms with Crippen LogP contribution < -0.4 is 10.2 Å². The second kappa shape index (κ2) is 7.53. The maximum absolute atomic E-state index is 11.7. The zero-order chi connectivity index (χ0) is 15.8. The van der Waals surface area contributed by atoms with E-state index < -0.39 is 12.6 Å². The first kappa shape index (κ1) is 15.2. The third-order valence-corrected chi connectivity index (χ3v) is 2.54. The Morgan fingerprint density at radius 2 is 2.05 bits per heavy atom. The van der Waals surface area contributed by atoms with Crippen molar-refractivity contribution in [2.75, 3.05) is 6.61 Å². The third kappa shape index (κ3) is 4.71. The van der Waals surface area contributed by atoms with Gasteiger partial charge in [-0.3, -0.25) is 9.78 Å². The largest absolute Gasteiger partial charge is 0.482 e. The Kier molecular flexibility index (Phi) is 5.20. The quantitative estimate of drug-likeness (QED) is 0.618. The van der Waals surface area contributed by atoms with Gasteiger partial charge in [0.2, 0.25) is 0 Å². The van der Waals surface area contributed by atoms with Crippen molar-refractivity contribution in [1.29, 1.82) is 0 Å². The summed E-state index contributed by atoms with van der Waals surface area (Å²) in [6, 6.07) is 9.84. The van der Waals surface area contributed by atoms with E-state index >= 15 is 0 Å². The number of aromatic nitrogens is 1. The SMILES string of the molecule is O=C(O)COc1cccc(/C=N/NC(=O)c2ccncc2)c1. The van der Waals surface area contributed by atoms with Crippen molar-refractivity contribution in [2.45, 2.75) is 0 Å². The summed E-state index contributed by atoms with van der Waals surface area (Å²) < 4.78 is 5.05. The number of hydrazone groups is 1. The number of carboxylic acids is 1. The summed E-state index contributed by atoms with van der Waals surface area (Å²) in [5.41, 5.74) is 3.50. The summed E-state index contributed by atoms with van der Waals surface area (Å²) >= 11 is 0. The summed E-state index contributed by atoms with van der Waals surface area (Å²) in [4.78, 5) is 26.0. The molecule has 0 bridgehead atoms. The highest BCUT2D eigenvalue weighted by Gasteiger charge is 2.02. The molecule has 1 aromatic carbocycles. The molecular formula is C15H13N3O4. The normalized spacial score (nSPS) is 10.4. The number of pyridine rings is 1. The van der Waals surface area contributed by atoms with Crippen molar-refractivity contribution in [3.63, 3.8) is 0 Å². The van der Waals surface area contributed by atoms with Gasteiger partial charge in [-0.1, -0.05) is 12.1 Å². The van der Waals surface area contributed by atoms with Crippen LogP contribution in [-0.4, -0.2) is 34.8 Å². The fourth-order valence-electron chi connectivity index (χ4n) is 1.56. The molecule has 7 nitrogen and oxygen atoms in total. The summed E-state index contributed by atoms with van der Waals surface area (Å²) in [6.07, 6.45) is 4.47. The summed E-state index contributed by atoms with van der Waals surface area (Å²) in [7, 11) is 0. The molecule has 1 aromatic heterocycles. The minimum absolute atomic E-state index is 0.350. The van der Waals surface area contributed by atoms with E-state index in [2.05, 4.69) is 15.5 Å². The minimum Gasteiger partial charge on any atom is -0.482 e. The highest BCUT2D eigenvalue weighted by molar-refractivity contribution is 5.94. The van der Waals surface area contributed by atoms with Gasteiger partial charge in [-0.15, -0.1) is 0 Å². The first-order valence-corrected chi connectivity index (χ1v) is 6.33. The molecule has 1 amide bonds. The maximum Gasteiger partial charge on any atom is 0.341 e. The van der Waals surface area contributed by atoms with E-state index in [1.165, 1.54) is 18.6 Å². The highest BCUT2D eigenvalue weighted by atomic mass is 16.5. The van der Waals surface area contributed by atoms with Crippen molar-refractivity contribution in [3.05, 3.63) is 59.9 Å². The molecule has 2 aromatic rings. The van der Waals surface area contributed by atoms with Crippen molar-refractivity contribution in [2.24, 2.45) is 5.10 Å². The third-order valence-electron chi connectivity index (χ3n) is 2.54. The molecule has 2 rings (SSSR count). The monoisotopic (exact) mass is 299 g/mol. The summed E-state index contributed by atoms with van der Waals surface area (Å²) in [5.74, 6) is -0.993. The number of carbonyl (C=O) groups excluding carboxylic acids is 1. The van der Waals surface area contributed by atoms with Crippen LogP contribution in [0, 0.1) is 0 Å². The van der Waals surface area contributed by atoms with Crippen LogP contribution in [0.1, 0.15) is 15.9 Å². The van der Waals surface area contributed by atoms with Crippen LogP contribution in [-0.2, 0) is 4.79 Å². The molecule has 0 radical (unpaired) electrons. The zero-order valence-electron chi connectivity index (χ0n) is 11.5. The molecular weight excluding hydrogens is 286 g/mol. The Bertz CT molecular complexity index is 686. The first-order chi connectivity index (χ1) is 10.6. The molecule has 0 aliphatic heterocycles. The van der Waals surface area contributed by atoms with Crippen LogP contribution in [0.3, 0.4) is 0 Å². The fraction of sp³-hybridized carbons (Fsp3) is 0.0667. The Morgan fingerprint density at radius 1 is 1.27 bits per heavy atom. The van der Waals surface area contributed by atoms with Gasteiger partial charge in [0.25, 0.3) is 5.91 Å². The molecule has 0 fully saturated rings. The molecule has 0 saturated heterocycles. The number of aliphatic carboxylic acids is 1. The molecule has 0 aliphatic carbocycles. The number of hydrogen-bond donors (Lipinski definition) is 2. The highest BCUT2D eigenvalue weighted by Crippen LogP contribution is 2.11. The van der Waals surface area contributed by atoms with Crippen LogP contribution in [0.5, 0.6) is 5.75 Å². The van der Waals surface area contributed by atoms with Gasteiger partial charge in [0.1, 0.15) is 5.75 Å². The standard InChI is InChI=1S/C15H13N3O4/c19-14(20)10-22-13-3-1-2-11(8-13)9-17-18-15(21)12-4-6-16-7-5-12/h1-9H,10H2,(H,18,21)(H,19,20)/b17-9+. The summed E-state index contributed by atoms with van der Waals surface area (Å²) in [5, 5.41) is 12.4. The van der Waals surface area contributed by atoms with E-state index in [9.17, 15) is 9.59 Å². The second-order valence-corrected chi connectivity index (χ2v) is 4.19. The summed E-state index contributed by atoms with van der Waals surface area (Å²) in [6.45, 7) is -0.417. The van der Waals surface area contributed by atoms with E-state index in [0.717, 1.165) is 0 Å². The van der Waals surface area contributed by atoms with E-state index in [4.69, 9.17) is 9.84 Å². The lowest BCUT2D eigenvalue weighted by atomic mass is 10.2. The number of ether oxygens (including phenoxy) is 1. The molecule has 112 valence electrons. The molecule has 2 N–H and O–H groups in total. The van der Waals surface area contributed by atoms with E-state index in [1.807, 2.05) is 0 Å². The van der Waals surface area contributed by atoms with Gasteiger partial charge in [-0.25, -0.2) is 10.2 Å². The van der Waals surface area contributed by atoms with Crippen molar-refractivity contribution < 1.29 is 19.4 Å². The molecule has 7 heteroatoms. The zero-order valence-corrected chi connectivity index (χ0v) is 11.5. The lowest BCUT2D eigenvalue weighted by molar-refractivity contribution is -0.139. The average molecular weight is 299 g/mol. The minimum atomic E-state index is -1.05. The van der Waals surface area contributed by atoms with Crippen LogP contribution in [0.2, 0.25) is 0 Å². The van der Waals surface area contributed by atoms with Gasteiger partial charge in [0.15, 0.2) is 6.61 Å². The second-order valence-electron chi connectivity index (χ2n) is 4.19. The molecule has 1 heterocycles. The van der Waals surface area contributed by atoms with Gasteiger partial charge in [0.05, 0.1) is 6.21 Å². The fourth-order valence-corrected chi connectivity index (χ4v) is 1.56. The number of carbonyl (C=O) groups is 2. The van der Waals surface area contributed by atoms with Crippen molar-refractivity contribution in [1.82, 2.24) is 10.4 Å². The first-order valence-electron chi connectivity index (χ1n) is 6.33. The number of carboxylic acid groups (broad SMARTS) is 1. The molecule has 0 spiro atoms. The number of hydrogen-bond acceptors (Lipinski definition) is 5. The van der Waals surface area contributed by atoms with Crippen LogP contribution in [0.25, 0.3) is 0 Å². The number of rotatable bonds is 6. The lowest BCUT2D eigenvalue weighted by Gasteiger charge is -2.03. The molecule has 0 atom stereocenters. The van der Waals surface area contributed by atoms with Gasteiger partial charge < -0.3 is 9.84 Å². The molecule has 0 unspecified atom stereocenters. The van der Waals surface area contributed by atoms with Gasteiger partial charge in [0, 0.05) is 18.0 Å². The maximum atomic E-state index is 11.7. The van der Waals surface area contributed by atoms with Crippen LogP contribution in [0.4, 0.5) is 0 Å². The van der Waals surface area contributed by atoms with Crippen LogP contribution >= 0.6 is 0 Å². The predicted molar refractivity (Wildman–Crippen MR) is 78.9 cm³/mol. The van der Waals surface area contributed by atoms with Crippen molar-refractivity contribution in [3.8, 4) is 5.75 Å². The van der Waals surface area contributed by atoms with Gasteiger partial charge >= 0.3 is 5.97 Å². The predicted octanol–water partition coefficient (Wildman–Crippen LogP) is 1.31. The van der Waals surface area contributed by atoms with Gasteiger partial charge in [-0.05, 0) is 29.8 Å². The Morgan fingerprint density at radius 3 is 2.77 bits per heavy atom.